The quantitative estimate of drug-likeness (QED) is 0.0835. The van der Waals surface area contributed by atoms with Crippen LogP contribution in [-0.2, 0) is 36.8 Å². The second-order valence-electron chi connectivity index (χ2n) is 11.0. The molecular formula is C32H38N6O7S. The molecule has 0 spiro atoms. The first-order valence-electron chi connectivity index (χ1n) is 14.8. The number of thioether (sulfide) groups is 1. The molecule has 244 valence electrons. The zero-order valence-corrected chi connectivity index (χ0v) is 26.1. The molecule has 0 bridgehead atoms. The zero-order valence-electron chi connectivity index (χ0n) is 25.2. The number of hydrogen-bond acceptors (Lipinski definition) is 7. The second kappa shape index (κ2) is 16.0. The Balaban J connectivity index is 1.62. The predicted octanol–water partition coefficient (Wildman–Crippen LogP) is 1.92. The summed E-state index contributed by atoms with van der Waals surface area (Å²) in [5.74, 6) is -3.92. The molecular weight excluding hydrogens is 612 g/mol. The smallest absolute Gasteiger partial charge is 0.326 e. The molecule has 3 amide bonds. The molecule has 0 aliphatic rings. The Morgan fingerprint density at radius 2 is 1.22 bits per heavy atom. The van der Waals surface area contributed by atoms with Crippen molar-refractivity contribution in [3.8, 4) is 0 Å². The Hall–Kier alpha value is -4.82. The third-order valence-corrected chi connectivity index (χ3v) is 8.34. The van der Waals surface area contributed by atoms with Gasteiger partial charge in [-0.2, -0.15) is 11.8 Å². The summed E-state index contributed by atoms with van der Waals surface area (Å²) >= 11 is 1.44. The molecule has 9 N–H and O–H groups in total. The van der Waals surface area contributed by atoms with Crippen LogP contribution in [0.3, 0.4) is 0 Å². The van der Waals surface area contributed by atoms with E-state index < -0.39 is 53.8 Å². The van der Waals surface area contributed by atoms with E-state index >= 15 is 0 Å². The van der Waals surface area contributed by atoms with E-state index in [-0.39, 0.29) is 32.1 Å². The zero-order chi connectivity index (χ0) is 33.2. The van der Waals surface area contributed by atoms with Gasteiger partial charge in [-0.3, -0.25) is 19.2 Å². The number of para-hydroxylation sites is 2. The van der Waals surface area contributed by atoms with Gasteiger partial charge in [0.25, 0.3) is 0 Å². The van der Waals surface area contributed by atoms with Crippen molar-refractivity contribution in [2.24, 2.45) is 5.73 Å². The van der Waals surface area contributed by atoms with Gasteiger partial charge in [-0.15, -0.1) is 0 Å². The van der Waals surface area contributed by atoms with Gasteiger partial charge in [0.15, 0.2) is 0 Å². The first-order valence-corrected chi connectivity index (χ1v) is 16.2. The highest BCUT2D eigenvalue weighted by molar-refractivity contribution is 7.98. The van der Waals surface area contributed by atoms with Crippen molar-refractivity contribution in [2.75, 3.05) is 12.0 Å². The topological polar surface area (TPSA) is 219 Å². The molecule has 14 heteroatoms. The van der Waals surface area contributed by atoms with Crippen LogP contribution in [0.2, 0.25) is 0 Å². The summed E-state index contributed by atoms with van der Waals surface area (Å²) in [5.41, 5.74) is 9.04. The number of carbonyl (C=O) groups excluding carboxylic acids is 3. The Labute approximate surface area is 269 Å². The summed E-state index contributed by atoms with van der Waals surface area (Å²) in [5, 5.41) is 28.4. The molecule has 0 saturated carbocycles. The van der Waals surface area contributed by atoms with Crippen LogP contribution in [0.25, 0.3) is 21.8 Å². The fourth-order valence-electron chi connectivity index (χ4n) is 5.19. The van der Waals surface area contributed by atoms with Gasteiger partial charge in [-0.05, 0) is 48.1 Å². The lowest BCUT2D eigenvalue weighted by Crippen LogP contribution is -2.58. The van der Waals surface area contributed by atoms with Crippen molar-refractivity contribution < 1.29 is 34.2 Å². The molecule has 0 aliphatic heterocycles. The second-order valence-corrected chi connectivity index (χ2v) is 12.0. The minimum Gasteiger partial charge on any atom is -0.481 e. The molecule has 0 radical (unpaired) electrons. The number of aromatic nitrogens is 2. The number of carboxylic acids is 2. The maximum atomic E-state index is 13.9. The molecule has 46 heavy (non-hydrogen) atoms. The number of nitrogens with two attached hydrogens (primary N) is 1. The Kier molecular flexibility index (Phi) is 11.8. The number of amides is 3. The van der Waals surface area contributed by atoms with Crippen molar-refractivity contribution in [3.63, 3.8) is 0 Å². The van der Waals surface area contributed by atoms with Crippen LogP contribution in [0.15, 0.2) is 60.9 Å². The van der Waals surface area contributed by atoms with Crippen LogP contribution < -0.4 is 21.7 Å². The van der Waals surface area contributed by atoms with Crippen LogP contribution in [0.1, 0.15) is 30.4 Å². The average Bonchev–Trinajstić information content (AvgIpc) is 3.64. The van der Waals surface area contributed by atoms with E-state index in [2.05, 4.69) is 25.9 Å². The highest BCUT2D eigenvalue weighted by Crippen LogP contribution is 2.21. The van der Waals surface area contributed by atoms with Crippen molar-refractivity contribution in [3.05, 3.63) is 72.1 Å². The van der Waals surface area contributed by atoms with Gasteiger partial charge in [-0.25, -0.2) is 4.79 Å². The molecule has 4 rings (SSSR count). The van der Waals surface area contributed by atoms with Gasteiger partial charge in [0, 0.05) is 53.5 Å². The SMILES string of the molecule is CSCCC(NC(=O)C(Cc1c[nH]c2ccccc12)NC(=O)C(Cc1c[nH]c2ccccc12)NC(=O)C(N)CCC(=O)O)C(=O)O. The van der Waals surface area contributed by atoms with Crippen LogP contribution in [0.5, 0.6) is 0 Å². The van der Waals surface area contributed by atoms with Crippen LogP contribution in [-0.4, -0.2) is 86.0 Å². The van der Waals surface area contributed by atoms with Crippen LogP contribution in [0, 0.1) is 0 Å². The first-order chi connectivity index (χ1) is 22.1. The highest BCUT2D eigenvalue weighted by Gasteiger charge is 2.31. The summed E-state index contributed by atoms with van der Waals surface area (Å²) in [7, 11) is 0. The number of fused-ring (bicyclic) bond motifs is 2. The molecule has 2 aromatic carbocycles. The third-order valence-electron chi connectivity index (χ3n) is 7.70. The van der Waals surface area contributed by atoms with E-state index in [1.165, 1.54) is 11.8 Å². The van der Waals surface area contributed by atoms with E-state index in [4.69, 9.17) is 10.8 Å². The van der Waals surface area contributed by atoms with Crippen molar-refractivity contribution in [1.29, 1.82) is 0 Å². The normalized spacial score (nSPS) is 13.9. The van der Waals surface area contributed by atoms with E-state index in [9.17, 15) is 29.1 Å². The number of rotatable bonds is 17. The van der Waals surface area contributed by atoms with E-state index in [1.54, 1.807) is 12.4 Å². The third kappa shape index (κ3) is 8.88. The molecule has 2 aromatic heterocycles. The van der Waals surface area contributed by atoms with Gasteiger partial charge in [0.05, 0.1) is 6.04 Å². The van der Waals surface area contributed by atoms with Crippen LogP contribution >= 0.6 is 11.8 Å². The summed E-state index contributed by atoms with van der Waals surface area (Å²) in [4.78, 5) is 69.9. The van der Waals surface area contributed by atoms with Crippen molar-refractivity contribution in [1.82, 2.24) is 25.9 Å². The van der Waals surface area contributed by atoms with E-state index in [0.29, 0.717) is 5.75 Å². The molecule has 0 aliphatic carbocycles. The fraction of sp³-hybridized carbons (Fsp3) is 0.344. The van der Waals surface area contributed by atoms with Gasteiger partial charge in [-0.1, -0.05) is 36.4 Å². The number of H-pyrrole nitrogens is 2. The van der Waals surface area contributed by atoms with Crippen LogP contribution in [0.4, 0.5) is 0 Å². The number of nitrogens with one attached hydrogen (secondary N) is 5. The Bertz CT molecular complexity index is 1700. The number of hydrogen-bond donors (Lipinski definition) is 8. The summed E-state index contributed by atoms with van der Waals surface area (Å²) in [6, 6.07) is 10.1. The molecule has 4 aromatic rings. The minimum atomic E-state index is -1.20. The largest absolute Gasteiger partial charge is 0.481 e. The lowest BCUT2D eigenvalue weighted by Gasteiger charge is -2.25. The number of aliphatic carboxylic acids is 2. The lowest BCUT2D eigenvalue weighted by molar-refractivity contribution is -0.142. The number of carbonyl (C=O) groups is 5. The van der Waals surface area contributed by atoms with E-state index in [0.717, 1.165) is 32.9 Å². The molecule has 0 fully saturated rings. The Morgan fingerprint density at radius 1 is 0.739 bits per heavy atom. The molecule has 4 atom stereocenters. The maximum Gasteiger partial charge on any atom is 0.326 e. The predicted molar refractivity (Wildman–Crippen MR) is 175 cm³/mol. The summed E-state index contributed by atoms with van der Waals surface area (Å²) < 4.78 is 0. The summed E-state index contributed by atoms with van der Waals surface area (Å²) in [6.45, 7) is 0. The number of benzene rings is 2. The maximum absolute atomic E-state index is 13.9. The molecule has 13 nitrogen and oxygen atoms in total. The summed E-state index contributed by atoms with van der Waals surface area (Å²) in [6.07, 6.45) is 5.05. The average molecular weight is 651 g/mol. The van der Waals surface area contributed by atoms with Crippen molar-refractivity contribution >= 4 is 63.2 Å². The van der Waals surface area contributed by atoms with Gasteiger partial charge >= 0.3 is 11.9 Å². The minimum absolute atomic E-state index is 0.0279. The van der Waals surface area contributed by atoms with E-state index in [1.807, 2.05) is 54.8 Å². The molecule has 0 saturated heterocycles. The van der Waals surface area contributed by atoms with Crippen molar-refractivity contribution in [2.45, 2.75) is 56.3 Å². The highest BCUT2D eigenvalue weighted by atomic mass is 32.2. The fourth-order valence-corrected chi connectivity index (χ4v) is 5.66. The standard InChI is InChI=1S/C32H38N6O7S/c1-46-13-12-25(32(44)45)36-30(42)27(15-19-17-35-24-9-5-3-7-21(19)24)38-31(43)26(37-29(41)22(33)10-11-28(39)40)14-18-16-34-23-8-4-2-6-20(18)23/h2-9,16-17,22,25-27,34-35H,10-15,33H2,1H3,(H,36,42)(H,37,41)(H,38,43)(H,39,40)(H,44,45). The Morgan fingerprint density at radius 3 is 1.70 bits per heavy atom. The molecule has 4 unspecified atom stereocenters. The lowest BCUT2D eigenvalue weighted by atomic mass is 10.0. The first kappa shape index (κ1) is 34.1. The van der Waals surface area contributed by atoms with Gasteiger partial charge < -0.3 is 41.9 Å². The monoisotopic (exact) mass is 650 g/mol. The van der Waals surface area contributed by atoms with Gasteiger partial charge in [0.1, 0.15) is 18.1 Å². The van der Waals surface area contributed by atoms with Gasteiger partial charge in [0.2, 0.25) is 17.7 Å². The molecule has 2 heterocycles. The number of carboxylic acid groups (broad SMARTS) is 2. The number of aromatic amines is 2.